The Labute approximate surface area is 170 Å². The second kappa shape index (κ2) is 10.5. The van der Waals surface area contributed by atoms with E-state index in [1.165, 1.54) is 11.9 Å². The second-order valence-corrected chi connectivity index (χ2v) is 7.36. The average molecular weight is 401 g/mol. The number of rotatable bonds is 5. The molecular weight excluding hydrogens is 374 g/mol. The maximum atomic E-state index is 11.1. The normalized spacial score (nSPS) is 19.5. The lowest BCUT2D eigenvalue weighted by Crippen LogP contribution is -2.50. The van der Waals surface area contributed by atoms with Crippen LogP contribution in [0.15, 0.2) is 18.2 Å². The molecule has 8 nitrogen and oxygen atoms in total. The number of hydrogen-bond acceptors (Lipinski definition) is 6. The fourth-order valence-corrected chi connectivity index (χ4v) is 3.39. The second-order valence-electron chi connectivity index (χ2n) is 7.36. The third-order valence-electron chi connectivity index (χ3n) is 5.35. The first-order valence-corrected chi connectivity index (χ1v) is 9.66. The van der Waals surface area contributed by atoms with Crippen LogP contribution < -0.4 is 10.2 Å². The highest BCUT2D eigenvalue weighted by atomic mass is 16.2. The number of hydrogen-bond donors (Lipinski definition) is 1. The van der Waals surface area contributed by atoms with Gasteiger partial charge in [-0.25, -0.2) is 0 Å². The number of amides is 3. The van der Waals surface area contributed by atoms with Gasteiger partial charge in [-0.05, 0) is 43.9 Å². The van der Waals surface area contributed by atoms with E-state index in [1.807, 2.05) is 25.1 Å². The zero-order valence-electron chi connectivity index (χ0n) is 16.8. The smallest absolute Gasteiger partial charge is 0.249 e. The van der Waals surface area contributed by atoms with Gasteiger partial charge in [0.25, 0.3) is 0 Å². The summed E-state index contributed by atoms with van der Waals surface area (Å²) in [6, 6.07) is 5.47. The summed E-state index contributed by atoms with van der Waals surface area (Å²) in [5.74, 6) is -0.446. The minimum absolute atomic E-state index is 0.210. The minimum atomic E-state index is -0.486. The summed E-state index contributed by atoms with van der Waals surface area (Å²) < 4.78 is 0. The van der Waals surface area contributed by atoms with Crippen molar-refractivity contribution in [1.29, 1.82) is 0 Å². The van der Waals surface area contributed by atoms with Crippen LogP contribution in [0.2, 0.25) is 0 Å². The fourth-order valence-electron chi connectivity index (χ4n) is 3.39. The molecule has 3 amide bonds. The van der Waals surface area contributed by atoms with Crippen LogP contribution in [-0.2, 0) is 19.2 Å². The van der Waals surface area contributed by atoms with Crippen LogP contribution in [0.3, 0.4) is 0 Å². The number of anilines is 1. The topological polar surface area (TPSA) is 104 Å². The summed E-state index contributed by atoms with van der Waals surface area (Å²) >= 11 is 0. The highest BCUT2D eigenvalue weighted by Crippen LogP contribution is 2.24. The number of nitrogens with one attached hydrogen (secondary N) is 1. The molecule has 0 aliphatic carbocycles. The van der Waals surface area contributed by atoms with Gasteiger partial charge in [0.1, 0.15) is 18.6 Å². The molecule has 2 aliphatic rings. The summed E-state index contributed by atoms with van der Waals surface area (Å²) in [5, 5.41) is 2.17. The first-order valence-electron chi connectivity index (χ1n) is 9.66. The molecule has 0 radical (unpaired) electrons. The number of likely N-dealkylation sites (N-methyl/N-ethyl adjacent to an activating group) is 1. The van der Waals surface area contributed by atoms with E-state index >= 15 is 0 Å². The zero-order chi connectivity index (χ0) is 21.4. The van der Waals surface area contributed by atoms with Gasteiger partial charge in [-0.2, -0.15) is 0 Å². The predicted molar refractivity (Wildman–Crippen MR) is 108 cm³/mol. The molecule has 8 heteroatoms. The van der Waals surface area contributed by atoms with Crippen LogP contribution >= 0.6 is 0 Å². The van der Waals surface area contributed by atoms with E-state index in [1.54, 1.807) is 0 Å². The third kappa shape index (κ3) is 5.97. The monoisotopic (exact) mass is 401 g/mol. The zero-order valence-corrected chi connectivity index (χ0v) is 16.8. The predicted octanol–water partition coefficient (Wildman–Crippen LogP) is 1.10. The minimum Gasteiger partial charge on any atom is -0.371 e. The van der Waals surface area contributed by atoms with Crippen LogP contribution in [0.4, 0.5) is 5.69 Å². The van der Waals surface area contributed by atoms with Crippen molar-refractivity contribution in [2.24, 2.45) is 5.92 Å². The summed E-state index contributed by atoms with van der Waals surface area (Å²) in [6.07, 6.45) is 5.08. The average Bonchev–Trinajstić information content (AvgIpc) is 2.74. The van der Waals surface area contributed by atoms with Crippen LogP contribution in [0, 0.1) is 12.8 Å². The van der Waals surface area contributed by atoms with E-state index in [-0.39, 0.29) is 17.7 Å². The molecule has 2 heterocycles. The molecule has 2 saturated heterocycles. The number of benzene rings is 1. The fraction of sp³-hybridized carbons (Fsp3) is 0.476. The maximum Gasteiger partial charge on any atom is 0.249 e. The van der Waals surface area contributed by atoms with Gasteiger partial charge in [-0.15, -0.1) is 0 Å². The largest absolute Gasteiger partial charge is 0.371 e. The van der Waals surface area contributed by atoms with Crippen molar-refractivity contribution in [3.63, 3.8) is 0 Å². The van der Waals surface area contributed by atoms with Crippen molar-refractivity contribution in [2.45, 2.75) is 38.6 Å². The highest BCUT2D eigenvalue weighted by molar-refractivity contribution is 6.00. The molecule has 0 spiro atoms. The van der Waals surface area contributed by atoms with Crippen molar-refractivity contribution in [3.8, 4) is 0 Å². The standard InChI is InChI=1S/C14H17NO2.C7H10N2O3/c1-11-2-3-14(8-13(11)10-17)15-6-4-12(9-16)5-7-15;1-9(4-10)5-2-3-6(11)8-7(5)12/h2-3,8-10,12H,4-7H2,1H3;4-5H,2-3H2,1H3,(H,8,11,12). The first-order chi connectivity index (χ1) is 13.9. The van der Waals surface area contributed by atoms with Gasteiger partial charge in [-0.3, -0.25) is 24.5 Å². The number of nitrogens with zero attached hydrogens (tertiary/aromatic N) is 2. The van der Waals surface area contributed by atoms with Crippen LogP contribution in [0.5, 0.6) is 0 Å². The molecular formula is C21H27N3O5. The molecule has 0 saturated carbocycles. The van der Waals surface area contributed by atoms with Gasteiger partial charge < -0.3 is 14.6 Å². The molecule has 1 aromatic carbocycles. The molecule has 1 atom stereocenters. The number of carbonyl (C=O) groups excluding carboxylic acids is 5. The summed E-state index contributed by atoms with van der Waals surface area (Å²) in [5.41, 5.74) is 2.84. The van der Waals surface area contributed by atoms with Crippen molar-refractivity contribution in [2.75, 3.05) is 25.0 Å². The first kappa shape index (κ1) is 22.3. The summed E-state index contributed by atoms with van der Waals surface area (Å²) in [4.78, 5) is 57.1. The van der Waals surface area contributed by atoms with Crippen LogP contribution in [-0.4, -0.2) is 61.9 Å². The molecule has 1 unspecified atom stereocenters. The Hall–Kier alpha value is -3.03. The molecule has 3 rings (SSSR count). The number of imide groups is 1. The molecule has 156 valence electrons. The van der Waals surface area contributed by atoms with Crippen LogP contribution in [0.25, 0.3) is 0 Å². The van der Waals surface area contributed by atoms with Gasteiger partial charge in [-0.1, -0.05) is 6.07 Å². The molecule has 2 fully saturated rings. The summed E-state index contributed by atoms with van der Waals surface area (Å²) in [6.45, 7) is 3.72. The molecule has 0 aromatic heterocycles. The lowest BCUT2D eigenvalue weighted by molar-refractivity contribution is -0.140. The Morgan fingerprint density at radius 1 is 1.10 bits per heavy atom. The van der Waals surface area contributed by atoms with Gasteiger partial charge in [0.2, 0.25) is 18.2 Å². The van der Waals surface area contributed by atoms with Gasteiger partial charge in [0, 0.05) is 43.7 Å². The molecule has 29 heavy (non-hydrogen) atoms. The number of aryl methyl sites for hydroxylation is 1. The van der Waals surface area contributed by atoms with Gasteiger partial charge in [0.05, 0.1) is 0 Å². The Morgan fingerprint density at radius 2 is 1.79 bits per heavy atom. The molecule has 0 bridgehead atoms. The van der Waals surface area contributed by atoms with E-state index in [0.29, 0.717) is 19.3 Å². The Morgan fingerprint density at radius 3 is 2.34 bits per heavy atom. The Balaban J connectivity index is 0.000000221. The quantitative estimate of drug-likeness (QED) is 0.585. The summed E-state index contributed by atoms with van der Waals surface area (Å²) in [7, 11) is 1.52. The number of aldehydes is 2. The van der Waals surface area contributed by atoms with Crippen molar-refractivity contribution in [1.82, 2.24) is 10.2 Å². The Bertz CT molecular complexity index is 772. The lowest BCUT2D eigenvalue weighted by atomic mass is 9.97. The number of piperidine rings is 2. The van der Waals surface area contributed by atoms with Crippen molar-refractivity contribution in [3.05, 3.63) is 29.3 Å². The van der Waals surface area contributed by atoms with Gasteiger partial charge >= 0.3 is 0 Å². The van der Waals surface area contributed by atoms with Crippen molar-refractivity contribution >= 4 is 36.5 Å². The van der Waals surface area contributed by atoms with E-state index in [2.05, 4.69) is 10.2 Å². The Kier molecular flexibility index (Phi) is 8.06. The van der Waals surface area contributed by atoms with E-state index in [9.17, 15) is 24.0 Å². The lowest BCUT2D eigenvalue weighted by Gasteiger charge is -2.31. The van der Waals surface area contributed by atoms with Crippen molar-refractivity contribution < 1.29 is 24.0 Å². The van der Waals surface area contributed by atoms with E-state index in [4.69, 9.17) is 0 Å². The van der Waals surface area contributed by atoms with Crippen LogP contribution in [0.1, 0.15) is 41.6 Å². The molecule has 1 N–H and O–H groups in total. The molecule has 2 aliphatic heterocycles. The number of carbonyl (C=O) groups is 5. The SMILES string of the molecule is CN(C=O)C1CCC(=O)NC1=O.Cc1ccc(N2CCC(C=O)CC2)cc1C=O. The maximum absolute atomic E-state index is 11.1. The molecule has 1 aromatic rings. The van der Waals surface area contributed by atoms with E-state index in [0.717, 1.165) is 55.3 Å². The third-order valence-corrected chi connectivity index (χ3v) is 5.35. The van der Waals surface area contributed by atoms with E-state index < -0.39 is 6.04 Å². The van der Waals surface area contributed by atoms with Gasteiger partial charge in [0.15, 0.2) is 0 Å². The highest BCUT2D eigenvalue weighted by Gasteiger charge is 2.28.